The summed E-state index contributed by atoms with van der Waals surface area (Å²) in [6, 6.07) is 0. The van der Waals surface area contributed by atoms with Gasteiger partial charge in [-0.2, -0.15) is 5.10 Å². The summed E-state index contributed by atoms with van der Waals surface area (Å²) in [4.78, 5) is 10.5. The molecule has 0 radical (unpaired) electrons. The molecule has 0 saturated heterocycles. The fourth-order valence-corrected chi connectivity index (χ4v) is 0.933. The van der Waals surface area contributed by atoms with Gasteiger partial charge in [0.05, 0.1) is 19.0 Å². The van der Waals surface area contributed by atoms with E-state index in [1.807, 2.05) is 6.92 Å². The number of nitrogens with two attached hydrogens (primary N) is 1. The number of amides is 1. The van der Waals surface area contributed by atoms with Crippen molar-refractivity contribution >= 4 is 5.91 Å². The fourth-order valence-electron chi connectivity index (χ4n) is 0.933. The van der Waals surface area contributed by atoms with E-state index >= 15 is 0 Å². The Bertz CT molecular complexity index is 283. The summed E-state index contributed by atoms with van der Waals surface area (Å²) in [5, 5.41) is 3.99. The number of nitrogens with zero attached hydrogens (tertiary/aromatic N) is 2. The van der Waals surface area contributed by atoms with E-state index in [1.54, 1.807) is 17.1 Å². The lowest BCUT2D eigenvalue weighted by Gasteiger charge is -1.97. The predicted molar refractivity (Wildman–Crippen MR) is 47.2 cm³/mol. The zero-order valence-electron chi connectivity index (χ0n) is 7.56. The number of primary amides is 1. The van der Waals surface area contributed by atoms with Gasteiger partial charge in [0.1, 0.15) is 0 Å². The molecular formula is C8H13N3O2. The van der Waals surface area contributed by atoms with E-state index in [0.717, 1.165) is 0 Å². The van der Waals surface area contributed by atoms with Crippen LogP contribution in [0.3, 0.4) is 0 Å². The number of carbonyl (C=O) groups excluding carboxylic acids is 1. The highest BCUT2D eigenvalue weighted by atomic mass is 16.5. The Hall–Kier alpha value is -1.52. The second-order valence-electron chi connectivity index (χ2n) is 2.59. The van der Waals surface area contributed by atoms with E-state index < -0.39 is 0 Å². The van der Waals surface area contributed by atoms with E-state index in [2.05, 4.69) is 5.10 Å². The molecule has 0 aliphatic rings. The average molecular weight is 183 g/mol. The van der Waals surface area contributed by atoms with Gasteiger partial charge in [0.15, 0.2) is 5.75 Å². The third kappa shape index (κ3) is 3.14. The average Bonchev–Trinajstić information content (AvgIpc) is 2.50. The Labute approximate surface area is 76.5 Å². The Kier molecular flexibility index (Phi) is 3.31. The monoisotopic (exact) mass is 183 g/mol. The van der Waals surface area contributed by atoms with Crippen LogP contribution in [-0.4, -0.2) is 22.3 Å². The topological polar surface area (TPSA) is 70.1 Å². The normalized spacial score (nSPS) is 9.92. The van der Waals surface area contributed by atoms with Crippen molar-refractivity contribution in [3.05, 3.63) is 12.4 Å². The standard InChI is InChI=1S/C8H13N3O2/c1-2-13-7-5-10-11(6-7)4-3-8(9)12/h5-6H,2-4H2,1H3,(H2,9,12). The summed E-state index contributed by atoms with van der Waals surface area (Å²) < 4.78 is 6.83. The summed E-state index contributed by atoms with van der Waals surface area (Å²) in [6.45, 7) is 3.02. The summed E-state index contributed by atoms with van der Waals surface area (Å²) >= 11 is 0. The van der Waals surface area contributed by atoms with Gasteiger partial charge in [-0.15, -0.1) is 0 Å². The number of aromatic nitrogens is 2. The number of hydrogen-bond donors (Lipinski definition) is 1. The molecule has 0 spiro atoms. The molecule has 0 unspecified atom stereocenters. The Morgan fingerprint density at radius 3 is 3.15 bits per heavy atom. The van der Waals surface area contributed by atoms with Crippen molar-refractivity contribution in [1.29, 1.82) is 0 Å². The first kappa shape index (κ1) is 9.57. The lowest BCUT2D eigenvalue weighted by molar-refractivity contribution is -0.118. The minimum absolute atomic E-state index is 0.299. The van der Waals surface area contributed by atoms with Crippen LogP contribution in [0.4, 0.5) is 0 Å². The van der Waals surface area contributed by atoms with Gasteiger partial charge < -0.3 is 10.5 Å². The molecule has 0 fully saturated rings. The molecule has 0 saturated carbocycles. The van der Waals surface area contributed by atoms with Gasteiger partial charge in [-0.25, -0.2) is 0 Å². The third-order valence-corrected chi connectivity index (χ3v) is 1.51. The Morgan fingerprint density at radius 1 is 1.77 bits per heavy atom. The first-order valence-corrected chi connectivity index (χ1v) is 4.16. The van der Waals surface area contributed by atoms with Crippen LogP contribution in [0.1, 0.15) is 13.3 Å². The number of carbonyl (C=O) groups is 1. The number of rotatable bonds is 5. The van der Waals surface area contributed by atoms with Gasteiger partial charge in [-0.05, 0) is 6.92 Å². The molecule has 13 heavy (non-hydrogen) atoms. The molecule has 1 rings (SSSR count). The van der Waals surface area contributed by atoms with Gasteiger partial charge in [-0.3, -0.25) is 9.48 Å². The van der Waals surface area contributed by atoms with Crippen molar-refractivity contribution in [3.63, 3.8) is 0 Å². The second kappa shape index (κ2) is 4.49. The highest BCUT2D eigenvalue weighted by Gasteiger charge is 1.99. The number of ether oxygens (including phenoxy) is 1. The van der Waals surface area contributed by atoms with Crippen LogP contribution in [0.25, 0.3) is 0 Å². The van der Waals surface area contributed by atoms with Crippen LogP contribution in [-0.2, 0) is 11.3 Å². The zero-order valence-corrected chi connectivity index (χ0v) is 7.56. The molecule has 72 valence electrons. The van der Waals surface area contributed by atoms with Crippen molar-refractivity contribution in [2.75, 3.05) is 6.61 Å². The van der Waals surface area contributed by atoms with E-state index in [0.29, 0.717) is 25.3 Å². The maximum atomic E-state index is 10.5. The van der Waals surface area contributed by atoms with Crippen molar-refractivity contribution in [3.8, 4) is 5.75 Å². The number of aryl methyl sites for hydroxylation is 1. The van der Waals surface area contributed by atoms with Gasteiger partial charge in [0.2, 0.25) is 5.91 Å². The van der Waals surface area contributed by atoms with Crippen LogP contribution in [0.2, 0.25) is 0 Å². The molecule has 0 bridgehead atoms. The molecule has 1 aromatic rings. The summed E-state index contributed by atoms with van der Waals surface area (Å²) in [5.74, 6) is 0.389. The van der Waals surface area contributed by atoms with Gasteiger partial charge in [0, 0.05) is 13.0 Å². The summed E-state index contributed by atoms with van der Waals surface area (Å²) in [5.41, 5.74) is 4.99. The highest BCUT2D eigenvalue weighted by Crippen LogP contribution is 2.07. The minimum atomic E-state index is -0.326. The van der Waals surface area contributed by atoms with Crippen LogP contribution in [0, 0.1) is 0 Å². The molecule has 1 amide bonds. The smallest absolute Gasteiger partial charge is 0.219 e. The third-order valence-electron chi connectivity index (χ3n) is 1.51. The first-order chi connectivity index (χ1) is 6.22. The van der Waals surface area contributed by atoms with Crippen molar-refractivity contribution < 1.29 is 9.53 Å². The van der Waals surface area contributed by atoms with Gasteiger partial charge in [0.25, 0.3) is 0 Å². The predicted octanol–water partition coefficient (Wildman–Crippen LogP) is 0.157. The van der Waals surface area contributed by atoms with Crippen LogP contribution in [0.5, 0.6) is 5.75 Å². The maximum absolute atomic E-state index is 10.5. The maximum Gasteiger partial charge on any atom is 0.219 e. The first-order valence-electron chi connectivity index (χ1n) is 4.16. The lowest BCUT2D eigenvalue weighted by Crippen LogP contribution is -2.13. The van der Waals surface area contributed by atoms with Crippen molar-refractivity contribution in [1.82, 2.24) is 9.78 Å². The van der Waals surface area contributed by atoms with Crippen LogP contribution in [0.15, 0.2) is 12.4 Å². The van der Waals surface area contributed by atoms with Gasteiger partial charge in [-0.1, -0.05) is 0 Å². The molecule has 0 aromatic carbocycles. The van der Waals surface area contributed by atoms with Crippen molar-refractivity contribution in [2.24, 2.45) is 5.73 Å². The minimum Gasteiger partial charge on any atom is -0.491 e. The highest BCUT2D eigenvalue weighted by molar-refractivity contribution is 5.73. The van der Waals surface area contributed by atoms with Crippen LogP contribution >= 0.6 is 0 Å². The van der Waals surface area contributed by atoms with Crippen LogP contribution < -0.4 is 10.5 Å². The van der Waals surface area contributed by atoms with E-state index in [9.17, 15) is 4.79 Å². The molecule has 0 atom stereocenters. The Balaban J connectivity index is 2.44. The molecule has 1 aromatic heterocycles. The van der Waals surface area contributed by atoms with Gasteiger partial charge >= 0.3 is 0 Å². The Morgan fingerprint density at radius 2 is 2.54 bits per heavy atom. The molecule has 1 heterocycles. The van der Waals surface area contributed by atoms with E-state index in [4.69, 9.17) is 10.5 Å². The fraction of sp³-hybridized carbons (Fsp3) is 0.500. The summed E-state index contributed by atoms with van der Waals surface area (Å²) in [7, 11) is 0. The van der Waals surface area contributed by atoms with E-state index in [-0.39, 0.29) is 5.91 Å². The molecule has 0 aliphatic heterocycles. The van der Waals surface area contributed by atoms with Crippen molar-refractivity contribution in [2.45, 2.75) is 19.9 Å². The lowest BCUT2D eigenvalue weighted by atomic mass is 10.4. The quantitative estimate of drug-likeness (QED) is 0.706. The number of hydrogen-bond acceptors (Lipinski definition) is 3. The molecule has 5 heteroatoms. The molecule has 2 N–H and O–H groups in total. The second-order valence-corrected chi connectivity index (χ2v) is 2.59. The molecule has 5 nitrogen and oxygen atoms in total. The molecular weight excluding hydrogens is 170 g/mol. The summed E-state index contributed by atoms with van der Waals surface area (Å²) in [6.07, 6.45) is 3.66. The largest absolute Gasteiger partial charge is 0.491 e. The SMILES string of the molecule is CCOc1cnn(CCC(N)=O)c1. The zero-order chi connectivity index (χ0) is 9.68. The van der Waals surface area contributed by atoms with E-state index in [1.165, 1.54) is 0 Å². The molecule has 0 aliphatic carbocycles.